The van der Waals surface area contributed by atoms with Gasteiger partial charge in [0.2, 0.25) is 0 Å². The Morgan fingerprint density at radius 3 is 2.41 bits per heavy atom. The smallest absolute Gasteiger partial charge is 0.300 e. The van der Waals surface area contributed by atoms with E-state index in [1.54, 1.807) is 18.3 Å². The molecule has 7 heteroatoms. The van der Waals surface area contributed by atoms with Gasteiger partial charge in [0.1, 0.15) is 17.3 Å². The van der Waals surface area contributed by atoms with Crippen LogP contribution in [0.2, 0.25) is 0 Å². The van der Waals surface area contributed by atoms with E-state index in [0.29, 0.717) is 22.6 Å². The molecule has 0 aliphatic carbocycles. The monoisotopic (exact) mass is 498 g/mol. The number of fused-ring (bicyclic) bond motifs is 1. The Labute approximate surface area is 214 Å². The molecule has 0 spiro atoms. The minimum Gasteiger partial charge on any atom is -0.507 e. The van der Waals surface area contributed by atoms with Gasteiger partial charge in [-0.25, -0.2) is 4.39 Å². The zero-order valence-electron chi connectivity index (χ0n) is 21.0. The van der Waals surface area contributed by atoms with Gasteiger partial charge >= 0.3 is 0 Å². The number of nitrogens with zero attached hydrogens (tertiary/aromatic N) is 1. The Morgan fingerprint density at radius 1 is 1.03 bits per heavy atom. The molecule has 37 heavy (non-hydrogen) atoms. The maximum Gasteiger partial charge on any atom is 0.300 e. The van der Waals surface area contributed by atoms with E-state index < -0.39 is 23.5 Å². The zero-order chi connectivity index (χ0) is 26.5. The van der Waals surface area contributed by atoms with Crippen molar-refractivity contribution in [3.63, 3.8) is 0 Å². The minimum atomic E-state index is -0.954. The van der Waals surface area contributed by atoms with Gasteiger partial charge < -0.3 is 14.8 Å². The van der Waals surface area contributed by atoms with Gasteiger partial charge in [-0.05, 0) is 53.4 Å². The van der Waals surface area contributed by atoms with E-state index in [4.69, 9.17) is 4.74 Å². The molecule has 188 valence electrons. The van der Waals surface area contributed by atoms with Crippen LogP contribution in [0.4, 0.5) is 10.1 Å². The number of ether oxygens (including phenoxy) is 1. The number of aliphatic hydroxyl groups excluding tert-OH is 1. The van der Waals surface area contributed by atoms with Crippen LogP contribution in [-0.4, -0.2) is 28.9 Å². The molecule has 0 bridgehead atoms. The predicted molar refractivity (Wildman–Crippen MR) is 141 cm³/mol. The highest BCUT2D eigenvalue weighted by molar-refractivity contribution is 6.52. The second-order valence-electron chi connectivity index (χ2n) is 10.1. The number of Topliss-reactive ketones (excluding diaryl/α,β-unsaturated/α-hetero) is 1. The fourth-order valence-electron chi connectivity index (χ4n) is 4.82. The number of anilines is 1. The number of halogens is 1. The number of H-pyrrole nitrogens is 1. The maximum absolute atomic E-state index is 13.7. The van der Waals surface area contributed by atoms with Crippen LogP contribution in [-0.2, 0) is 15.0 Å². The lowest BCUT2D eigenvalue weighted by molar-refractivity contribution is -0.132. The number of carbonyl (C=O) groups is 2. The Bertz CT molecular complexity index is 1560. The Morgan fingerprint density at radius 2 is 1.73 bits per heavy atom. The number of hydrogen-bond acceptors (Lipinski definition) is 4. The lowest BCUT2D eigenvalue weighted by atomic mass is 9.85. The summed E-state index contributed by atoms with van der Waals surface area (Å²) in [7, 11) is 1.48. The number of aromatic nitrogens is 1. The third kappa shape index (κ3) is 4.06. The first-order valence-electron chi connectivity index (χ1n) is 11.9. The number of rotatable bonds is 4. The summed E-state index contributed by atoms with van der Waals surface area (Å²) < 4.78 is 19.3. The first-order chi connectivity index (χ1) is 17.6. The van der Waals surface area contributed by atoms with Gasteiger partial charge in [-0.2, -0.15) is 0 Å². The second kappa shape index (κ2) is 8.92. The maximum atomic E-state index is 13.7. The van der Waals surface area contributed by atoms with E-state index in [0.717, 1.165) is 16.5 Å². The molecule has 0 saturated carbocycles. The summed E-state index contributed by atoms with van der Waals surface area (Å²) in [6, 6.07) is 17.3. The van der Waals surface area contributed by atoms with E-state index in [2.05, 4.69) is 4.98 Å². The van der Waals surface area contributed by atoms with Gasteiger partial charge in [0.15, 0.2) is 0 Å². The summed E-state index contributed by atoms with van der Waals surface area (Å²) in [6.07, 6.45) is 1.73. The molecule has 3 aromatic carbocycles. The topological polar surface area (TPSA) is 82.6 Å². The molecule has 5 rings (SSSR count). The SMILES string of the molecule is COc1ccc(C(C)(C)C)cc1/C(O)=C1\C(=O)C(=O)N(c2ccc(F)cc2)C1c1c[nH]c2ccccc12. The molecular weight excluding hydrogens is 471 g/mol. The molecule has 4 aromatic rings. The number of amides is 1. The average molecular weight is 499 g/mol. The van der Waals surface area contributed by atoms with Crippen LogP contribution < -0.4 is 9.64 Å². The van der Waals surface area contributed by atoms with Crippen molar-refractivity contribution in [2.75, 3.05) is 12.0 Å². The van der Waals surface area contributed by atoms with E-state index in [1.165, 1.54) is 36.3 Å². The molecule has 6 nitrogen and oxygen atoms in total. The van der Waals surface area contributed by atoms with Gasteiger partial charge in [-0.15, -0.1) is 0 Å². The number of nitrogens with one attached hydrogen (secondary N) is 1. The normalized spacial score (nSPS) is 17.5. The van der Waals surface area contributed by atoms with E-state index in [9.17, 15) is 19.1 Å². The zero-order valence-corrected chi connectivity index (χ0v) is 21.0. The van der Waals surface area contributed by atoms with Crippen LogP contribution in [0.3, 0.4) is 0 Å². The number of hydrogen-bond donors (Lipinski definition) is 2. The van der Waals surface area contributed by atoms with Crippen LogP contribution in [0.15, 0.2) is 78.5 Å². The molecule has 1 unspecified atom stereocenters. The van der Waals surface area contributed by atoms with Crippen LogP contribution in [0.1, 0.15) is 43.5 Å². The predicted octanol–water partition coefficient (Wildman–Crippen LogP) is 6.24. The Kier molecular flexibility index (Phi) is 5.86. The van der Waals surface area contributed by atoms with Gasteiger partial charge in [0.05, 0.1) is 24.3 Å². The van der Waals surface area contributed by atoms with Crippen molar-refractivity contribution >= 4 is 34.0 Å². The highest BCUT2D eigenvalue weighted by atomic mass is 19.1. The number of aromatic amines is 1. The Hall–Kier alpha value is -4.39. The van der Waals surface area contributed by atoms with Crippen molar-refractivity contribution < 1.29 is 23.8 Å². The van der Waals surface area contributed by atoms with Crippen LogP contribution in [0.25, 0.3) is 16.7 Å². The van der Waals surface area contributed by atoms with Crippen molar-refractivity contribution in [3.05, 3.63) is 101 Å². The largest absolute Gasteiger partial charge is 0.507 e. The molecule has 1 amide bonds. The summed E-state index contributed by atoms with van der Waals surface area (Å²) in [4.78, 5) is 31.5. The number of carbonyl (C=O) groups excluding carboxylic acids is 2. The molecule has 1 atom stereocenters. The summed E-state index contributed by atoms with van der Waals surface area (Å²) in [5.41, 5.74) is 2.72. The number of ketones is 1. The minimum absolute atomic E-state index is 0.0663. The standard InChI is InChI=1S/C30H27FN2O4/c1-30(2,3)17-9-14-24(37-4)21(15-17)27(34)25-26(22-16-32-23-8-6-5-7-20(22)23)33(29(36)28(25)35)19-12-10-18(31)11-13-19/h5-16,26,32,34H,1-4H3/b27-25+. The summed E-state index contributed by atoms with van der Waals surface area (Å²) in [5, 5.41) is 12.5. The van der Waals surface area contributed by atoms with E-state index in [-0.39, 0.29) is 16.7 Å². The molecule has 1 aromatic heterocycles. The lowest BCUT2D eigenvalue weighted by Crippen LogP contribution is -2.29. The first kappa shape index (κ1) is 24.3. The van der Waals surface area contributed by atoms with Crippen molar-refractivity contribution in [1.82, 2.24) is 4.98 Å². The van der Waals surface area contributed by atoms with Crippen molar-refractivity contribution in [3.8, 4) is 5.75 Å². The highest BCUT2D eigenvalue weighted by Gasteiger charge is 2.48. The number of para-hydroxylation sites is 1. The summed E-state index contributed by atoms with van der Waals surface area (Å²) in [5.74, 6) is -2.07. The number of aliphatic hydroxyl groups is 1. The van der Waals surface area contributed by atoms with Gasteiger partial charge in [-0.3, -0.25) is 14.5 Å². The summed E-state index contributed by atoms with van der Waals surface area (Å²) >= 11 is 0. The van der Waals surface area contributed by atoms with Crippen LogP contribution in [0.5, 0.6) is 5.75 Å². The van der Waals surface area contributed by atoms with Crippen molar-refractivity contribution in [2.24, 2.45) is 0 Å². The second-order valence-corrected chi connectivity index (χ2v) is 10.1. The van der Waals surface area contributed by atoms with Crippen molar-refractivity contribution in [1.29, 1.82) is 0 Å². The molecule has 1 saturated heterocycles. The Balaban J connectivity index is 1.80. The molecule has 2 heterocycles. The molecule has 0 radical (unpaired) electrons. The van der Waals surface area contributed by atoms with Crippen LogP contribution >= 0.6 is 0 Å². The fraction of sp³-hybridized carbons (Fsp3) is 0.200. The highest BCUT2D eigenvalue weighted by Crippen LogP contribution is 2.45. The number of methoxy groups -OCH3 is 1. The van der Waals surface area contributed by atoms with E-state index >= 15 is 0 Å². The molecule has 1 aliphatic rings. The van der Waals surface area contributed by atoms with Gasteiger partial charge in [-0.1, -0.05) is 45.0 Å². The van der Waals surface area contributed by atoms with E-state index in [1.807, 2.05) is 51.1 Å². The average Bonchev–Trinajstić information content (AvgIpc) is 3.42. The molecule has 1 fully saturated rings. The third-order valence-corrected chi connectivity index (χ3v) is 6.79. The van der Waals surface area contributed by atoms with Crippen molar-refractivity contribution in [2.45, 2.75) is 32.2 Å². The lowest BCUT2D eigenvalue weighted by Gasteiger charge is -2.25. The quantitative estimate of drug-likeness (QED) is 0.198. The van der Waals surface area contributed by atoms with Crippen LogP contribution in [0, 0.1) is 5.82 Å². The fourth-order valence-corrected chi connectivity index (χ4v) is 4.82. The van der Waals surface area contributed by atoms with Gasteiger partial charge in [0, 0.05) is 28.4 Å². The first-order valence-corrected chi connectivity index (χ1v) is 11.9. The number of benzene rings is 3. The molecular formula is C30H27FN2O4. The third-order valence-electron chi connectivity index (χ3n) is 6.79. The van der Waals surface area contributed by atoms with Gasteiger partial charge in [0.25, 0.3) is 11.7 Å². The molecule has 2 N–H and O–H groups in total. The molecule has 1 aliphatic heterocycles. The summed E-state index contributed by atoms with van der Waals surface area (Å²) in [6.45, 7) is 6.12.